The van der Waals surface area contributed by atoms with Crippen molar-refractivity contribution in [1.29, 1.82) is 0 Å². The topological polar surface area (TPSA) is 119 Å². The molecular weight excluding hydrogens is 312 g/mol. The number of carboxylic acid groups (broad SMARTS) is 1. The van der Waals surface area contributed by atoms with E-state index in [4.69, 9.17) is 0 Å². The first kappa shape index (κ1) is 16.2. The summed E-state index contributed by atoms with van der Waals surface area (Å²) in [6, 6.07) is 1.58. The van der Waals surface area contributed by atoms with Gasteiger partial charge in [-0.1, -0.05) is 13.3 Å². The maximum atomic E-state index is 12.7. The van der Waals surface area contributed by atoms with Gasteiger partial charge in [-0.25, -0.2) is 4.98 Å². The summed E-state index contributed by atoms with van der Waals surface area (Å²) in [6.45, 7) is 4.37. The summed E-state index contributed by atoms with van der Waals surface area (Å²) in [5.41, 5.74) is 0.938. The molecule has 0 aromatic carbocycles. The summed E-state index contributed by atoms with van der Waals surface area (Å²) >= 11 is 0. The van der Waals surface area contributed by atoms with E-state index in [0.29, 0.717) is 23.1 Å². The van der Waals surface area contributed by atoms with Crippen molar-refractivity contribution < 1.29 is 14.7 Å². The summed E-state index contributed by atoms with van der Waals surface area (Å²) in [6.07, 6.45) is 1.65. The molecule has 1 aliphatic rings. The van der Waals surface area contributed by atoms with E-state index in [-0.39, 0.29) is 29.6 Å². The van der Waals surface area contributed by atoms with Gasteiger partial charge >= 0.3 is 5.97 Å². The molecule has 0 unspecified atom stereocenters. The van der Waals surface area contributed by atoms with Gasteiger partial charge in [-0.2, -0.15) is 0 Å². The van der Waals surface area contributed by atoms with Crippen LogP contribution in [0.1, 0.15) is 35.8 Å². The van der Waals surface area contributed by atoms with E-state index >= 15 is 0 Å². The summed E-state index contributed by atoms with van der Waals surface area (Å²) < 4.78 is 0. The lowest BCUT2D eigenvalue weighted by Gasteiger charge is -2.16. The number of fused-ring (bicyclic) bond motifs is 1. The van der Waals surface area contributed by atoms with Crippen molar-refractivity contribution in [2.45, 2.75) is 26.7 Å². The van der Waals surface area contributed by atoms with Crippen LogP contribution in [0.3, 0.4) is 0 Å². The third-order valence-corrected chi connectivity index (χ3v) is 4.66. The van der Waals surface area contributed by atoms with E-state index < -0.39 is 11.9 Å². The first-order valence-corrected chi connectivity index (χ1v) is 8.02. The van der Waals surface area contributed by atoms with Gasteiger partial charge in [0.05, 0.1) is 11.3 Å². The van der Waals surface area contributed by atoms with Gasteiger partial charge in [-0.05, 0) is 30.9 Å². The van der Waals surface area contributed by atoms with Gasteiger partial charge < -0.3 is 10.0 Å². The number of hydrogen-bond donors (Lipinski definition) is 3. The molecule has 8 nitrogen and oxygen atoms in total. The third-order valence-electron chi connectivity index (χ3n) is 4.66. The summed E-state index contributed by atoms with van der Waals surface area (Å²) in [5, 5.41) is 14.9. The number of carboxylic acids is 1. The van der Waals surface area contributed by atoms with Crippen LogP contribution in [-0.2, 0) is 4.79 Å². The zero-order chi connectivity index (χ0) is 17.4. The zero-order valence-electron chi connectivity index (χ0n) is 13.6. The van der Waals surface area contributed by atoms with Crippen LogP contribution in [0.4, 0.5) is 0 Å². The van der Waals surface area contributed by atoms with Gasteiger partial charge in [0.25, 0.3) is 11.5 Å². The minimum Gasteiger partial charge on any atom is -0.481 e. The quantitative estimate of drug-likeness (QED) is 0.775. The number of aryl methyl sites for hydroxylation is 1. The molecule has 0 bridgehead atoms. The Morgan fingerprint density at radius 2 is 2.12 bits per heavy atom. The Morgan fingerprint density at radius 1 is 1.38 bits per heavy atom. The molecule has 1 aliphatic heterocycles. The summed E-state index contributed by atoms with van der Waals surface area (Å²) in [4.78, 5) is 41.6. The molecule has 1 saturated heterocycles. The molecule has 3 rings (SSSR count). The van der Waals surface area contributed by atoms with Crippen LogP contribution in [0.15, 0.2) is 10.9 Å². The lowest BCUT2D eigenvalue weighted by Crippen LogP contribution is -2.30. The molecule has 3 N–H and O–H groups in total. The van der Waals surface area contributed by atoms with Gasteiger partial charge in [0.1, 0.15) is 5.69 Å². The number of H-pyrrole nitrogens is 2. The Balaban J connectivity index is 1.89. The number of aromatic amines is 2. The zero-order valence-corrected chi connectivity index (χ0v) is 13.6. The van der Waals surface area contributed by atoms with E-state index in [1.165, 1.54) is 0 Å². The van der Waals surface area contributed by atoms with Crippen molar-refractivity contribution in [3.05, 3.63) is 27.7 Å². The average Bonchev–Trinajstić information content (AvgIpc) is 3.11. The smallest absolute Gasteiger partial charge is 0.308 e. The molecule has 24 heavy (non-hydrogen) atoms. The van der Waals surface area contributed by atoms with Gasteiger partial charge in [0, 0.05) is 13.1 Å². The summed E-state index contributed by atoms with van der Waals surface area (Å²) in [5.74, 6) is -1.73. The van der Waals surface area contributed by atoms with Crippen molar-refractivity contribution in [1.82, 2.24) is 20.1 Å². The largest absolute Gasteiger partial charge is 0.481 e. The number of aromatic nitrogens is 3. The fraction of sp³-hybridized carbons (Fsp3) is 0.500. The molecule has 128 valence electrons. The molecule has 0 radical (unpaired) electrons. The monoisotopic (exact) mass is 332 g/mol. The predicted molar refractivity (Wildman–Crippen MR) is 86.9 cm³/mol. The van der Waals surface area contributed by atoms with Crippen LogP contribution in [0.5, 0.6) is 0 Å². The van der Waals surface area contributed by atoms with Crippen LogP contribution >= 0.6 is 0 Å². The van der Waals surface area contributed by atoms with E-state index in [2.05, 4.69) is 15.2 Å². The number of hydrogen-bond acceptors (Lipinski definition) is 4. The highest BCUT2D eigenvalue weighted by Crippen LogP contribution is 2.29. The van der Waals surface area contributed by atoms with E-state index in [1.54, 1.807) is 17.9 Å². The molecule has 8 heteroatoms. The second kappa shape index (κ2) is 6.10. The number of carbonyl (C=O) groups excluding carboxylic acids is 1. The lowest BCUT2D eigenvalue weighted by molar-refractivity contribution is -0.142. The number of likely N-dealkylation sites (tertiary alicyclic amines) is 1. The maximum Gasteiger partial charge on any atom is 0.308 e. The Bertz CT molecular complexity index is 853. The predicted octanol–water partition coefficient (Wildman–Crippen LogP) is 1.13. The van der Waals surface area contributed by atoms with Crippen molar-refractivity contribution in [2.75, 3.05) is 13.1 Å². The molecule has 0 saturated carbocycles. The summed E-state index contributed by atoms with van der Waals surface area (Å²) in [7, 11) is 0. The molecular formula is C16H20N4O4. The highest BCUT2D eigenvalue weighted by molar-refractivity contribution is 5.95. The number of carbonyl (C=O) groups is 2. The molecule has 0 aliphatic carbocycles. The van der Waals surface area contributed by atoms with Crippen molar-refractivity contribution in [2.24, 2.45) is 11.8 Å². The average molecular weight is 332 g/mol. The molecule has 2 aromatic heterocycles. The number of aliphatic carboxylic acids is 1. The van der Waals surface area contributed by atoms with Gasteiger partial charge in [0.15, 0.2) is 5.65 Å². The Labute approximate surface area is 137 Å². The van der Waals surface area contributed by atoms with E-state index in [1.807, 2.05) is 6.92 Å². The first-order valence-electron chi connectivity index (χ1n) is 8.02. The van der Waals surface area contributed by atoms with Crippen molar-refractivity contribution in [3.8, 4) is 0 Å². The fourth-order valence-corrected chi connectivity index (χ4v) is 3.48. The number of nitrogens with one attached hydrogen (secondary N) is 2. The third kappa shape index (κ3) is 2.68. The molecule has 2 atom stereocenters. The standard InChI is InChI=1S/C16H20N4O4/c1-3-4-9-6-20(7-10(9)16(23)24)15(22)11-5-8(2)12-13(17-11)18-19-14(12)21/h5,9-10H,3-4,6-7H2,1-2H3,(H,23,24)(H2,17,18,19,21)/t9-,10-/m1/s1. The second-order valence-corrected chi connectivity index (χ2v) is 6.33. The molecule has 3 heterocycles. The van der Waals surface area contributed by atoms with Crippen LogP contribution in [0.2, 0.25) is 0 Å². The van der Waals surface area contributed by atoms with Crippen molar-refractivity contribution >= 4 is 22.9 Å². The van der Waals surface area contributed by atoms with E-state index in [0.717, 1.165) is 12.8 Å². The molecule has 2 aromatic rings. The normalized spacial score (nSPS) is 20.7. The number of amides is 1. The first-order chi connectivity index (χ1) is 11.4. The Kier molecular flexibility index (Phi) is 4.13. The highest BCUT2D eigenvalue weighted by atomic mass is 16.4. The van der Waals surface area contributed by atoms with Crippen LogP contribution in [0.25, 0.3) is 11.0 Å². The van der Waals surface area contributed by atoms with Crippen LogP contribution < -0.4 is 5.56 Å². The Morgan fingerprint density at radius 3 is 2.79 bits per heavy atom. The molecule has 1 amide bonds. The van der Waals surface area contributed by atoms with Crippen molar-refractivity contribution in [3.63, 3.8) is 0 Å². The van der Waals surface area contributed by atoms with Gasteiger partial charge in [-0.15, -0.1) is 0 Å². The highest BCUT2D eigenvalue weighted by Gasteiger charge is 2.39. The minimum absolute atomic E-state index is 0.0339. The van der Waals surface area contributed by atoms with Crippen LogP contribution in [0, 0.1) is 18.8 Å². The van der Waals surface area contributed by atoms with Crippen LogP contribution in [-0.4, -0.2) is 50.2 Å². The molecule has 1 fully saturated rings. The van der Waals surface area contributed by atoms with Gasteiger partial charge in [-0.3, -0.25) is 24.6 Å². The SMILES string of the molecule is CCC[C@@H]1CN(C(=O)c2cc(C)c3c(=O)[nH][nH]c3n2)C[C@H]1C(=O)O. The second-order valence-electron chi connectivity index (χ2n) is 6.33. The van der Waals surface area contributed by atoms with E-state index in [9.17, 15) is 19.5 Å². The maximum absolute atomic E-state index is 12.7. The fourth-order valence-electron chi connectivity index (χ4n) is 3.48. The number of pyridine rings is 1. The Hall–Kier alpha value is -2.64. The van der Waals surface area contributed by atoms with Gasteiger partial charge in [0.2, 0.25) is 0 Å². The lowest BCUT2D eigenvalue weighted by atomic mass is 9.92. The number of rotatable bonds is 4. The number of nitrogens with zero attached hydrogens (tertiary/aromatic N) is 2. The molecule has 0 spiro atoms. The minimum atomic E-state index is -0.863.